The molecule has 0 aliphatic rings. The minimum absolute atomic E-state index is 0.424. The van der Waals surface area contributed by atoms with E-state index in [4.69, 9.17) is 26.8 Å². The molecule has 0 aliphatic heterocycles. The van der Waals surface area contributed by atoms with Gasteiger partial charge in [-0.3, -0.25) is 4.79 Å². The molecule has 0 heterocycles. The standard InChI is InChI=1S/C11H15ClN2O3/c1-6(11(13)15)14-8-4-7(12)9(16-2)5-10(8)17-3/h4-6,14H,1-3H3,(H2,13,15)/t6-/m0/s1. The molecule has 0 radical (unpaired) electrons. The summed E-state index contributed by atoms with van der Waals surface area (Å²) in [5.74, 6) is 0.569. The third kappa shape index (κ3) is 3.17. The van der Waals surface area contributed by atoms with Gasteiger partial charge in [-0.15, -0.1) is 0 Å². The van der Waals surface area contributed by atoms with E-state index in [1.807, 2.05) is 0 Å². The van der Waals surface area contributed by atoms with E-state index in [2.05, 4.69) is 5.32 Å². The number of nitrogens with two attached hydrogens (primary N) is 1. The van der Waals surface area contributed by atoms with Gasteiger partial charge in [0.05, 0.1) is 24.9 Å². The van der Waals surface area contributed by atoms with Gasteiger partial charge in [-0.1, -0.05) is 11.6 Å². The maximum atomic E-state index is 11.0. The lowest BCUT2D eigenvalue weighted by Gasteiger charge is -2.16. The summed E-state index contributed by atoms with van der Waals surface area (Å²) in [6.45, 7) is 1.65. The Morgan fingerprint density at radius 2 is 1.94 bits per heavy atom. The Labute approximate surface area is 105 Å². The first-order chi connectivity index (χ1) is 7.99. The van der Waals surface area contributed by atoms with Crippen LogP contribution in [-0.4, -0.2) is 26.2 Å². The quantitative estimate of drug-likeness (QED) is 0.842. The smallest absolute Gasteiger partial charge is 0.239 e. The summed E-state index contributed by atoms with van der Waals surface area (Å²) >= 11 is 5.98. The van der Waals surface area contributed by atoms with E-state index in [0.29, 0.717) is 22.2 Å². The number of methoxy groups -OCH3 is 2. The molecule has 0 unspecified atom stereocenters. The molecule has 94 valence electrons. The van der Waals surface area contributed by atoms with Crippen molar-refractivity contribution in [3.05, 3.63) is 17.2 Å². The third-order valence-corrected chi connectivity index (χ3v) is 2.57. The molecule has 0 saturated heterocycles. The molecule has 17 heavy (non-hydrogen) atoms. The zero-order valence-corrected chi connectivity index (χ0v) is 10.7. The summed E-state index contributed by atoms with van der Waals surface area (Å²) < 4.78 is 10.2. The van der Waals surface area contributed by atoms with Gasteiger partial charge in [0.25, 0.3) is 0 Å². The first kappa shape index (κ1) is 13.4. The highest BCUT2D eigenvalue weighted by Gasteiger charge is 2.14. The largest absolute Gasteiger partial charge is 0.495 e. The maximum absolute atomic E-state index is 11.0. The van der Waals surface area contributed by atoms with Crippen molar-refractivity contribution in [2.24, 2.45) is 5.73 Å². The number of primary amides is 1. The maximum Gasteiger partial charge on any atom is 0.239 e. The summed E-state index contributed by atoms with van der Waals surface area (Å²) in [7, 11) is 3.03. The fourth-order valence-electron chi connectivity index (χ4n) is 1.28. The fraction of sp³-hybridized carbons (Fsp3) is 0.364. The summed E-state index contributed by atoms with van der Waals surface area (Å²) in [6, 6.07) is 2.74. The van der Waals surface area contributed by atoms with Gasteiger partial charge >= 0.3 is 0 Å². The topological polar surface area (TPSA) is 73.6 Å². The molecule has 0 fully saturated rings. The zero-order chi connectivity index (χ0) is 13.0. The summed E-state index contributed by atoms with van der Waals surface area (Å²) in [6.07, 6.45) is 0. The van der Waals surface area contributed by atoms with E-state index < -0.39 is 11.9 Å². The number of hydrogen-bond acceptors (Lipinski definition) is 4. The average Bonchev–Trinajstić information content (AvgIpc) is 2.29. The van der Waals surface area contributed by atoms with Crippen molar-refractivity contribution in [3.63, 3.8) is 0 Å². The Bertz CT molecular complexity index is 423. The molecule has 1 aromatic carbocycles. The third-order valence-electron chi connectivity index (χ3n) is 2.27. The Hall–Kier alpha value is -1.62. The molecule has 5 nitrogen and oxygen atoms in total. The van der Waals surface area contributed by atoms with Crippen LogP contribution in [0.2, 0.25) is 5.02 Å². The number of hydrogen-bond donors (Lipinski definition) is 2. The van der Waals surface area contributed by atoms with Gasteiger partial charge in [0.1, 0.15) is 17.5 Å². The highest BCUT2D eigenvalue weighted by Crippen LogP contribution is 2.36. The molecule has 1 amide bonds. The second-order valence-electron chi connectivity index (χ2n) is 3.46. The van der Waals surface area contributed by atoms with Crippen LogP contribution in [0, 0.1) is 0 Å². The van der Waals surface area contributed by atoms with Crippen LogP contribution in [0.5, 0.6) is 11.5 Å². The van der Waals surface area contributed by atoms with Gasteiger partial charge in [-0.05, 0) is 13.0 Å². The Balaban J connectivity index is 3.06. The average molecular weight is 259 g/mol. The van der Waals surface area contributed by atoms with Crippen molar-refractivity contribution in [1.82, 2.24) is 0 Å². The van der Waals surface area contributed by atoms with Crippen LogP contribution in [0.15, 0.2) is 12.1 Å². The number of ether oxygens (including phenoxy) is 2. The van der Waals surface area contributed by atoms with Gasteiger partial charge in [0, 0.05) is 6.07 Å². The predicted molar refractivity (Wildman–Crippen MR) is 66.8 cm³/mol. The summed E-state index contributed by atoms with van der Waals surface area (Å²) in [5, 5.41) is 3.34. The molecule has 0 aromatic heterocycles. The highest BCUT2D eigenvalue weighted by molar-refractivity contribution is 6.32. The van der Waals surface area contributed by atoms with Gasteiger partial charge < -0.3 is 20.5 Å². The number of nitrogens with one attached hydrogen (secondary N) is 1. The molecule has 3 N–H and O–H groups in total. The Kier molecular flexibility index (Phi) is 4.45. The molecule has 0 bridgehead atoms. The molecule has 0 saturated carbocycles. The van der Waals surface area contributed by atoms with Gasteiger partial charge in [-0.25, -0.2) is 0 Å². The van der Waals surface area contributed by atoms with E-state index in [1.54, 1.807) is 19.1 Å². The monoisotopic (exact) mass is 258 g/mol. The molecule has 1 atom stereocenters. The lowest BCUT2D eigenvalue weighted by molar-refractivity contribution is -0.118. The normalized spacial score (nSPS) is 11.8. The highest BCUT2D eigenvalue weighted by atomic mass is 35.5. The Morgan fingerprint density at radius 1 is 1.35 bits per heavy atom. The summed E-state index contributed by atoms with van der Waals surface area (Å²) in [5.41, 5.74) is 5.76. The van der Waals surface area contributed by atoms with Crippen molar-refractivity contribution in [1.29, 1.82) is 0 Å². The first-order valence-corrected chi connectivity index (χ1v) is 5.34. The molecular formula is C11H15ClN2O3. The molecule has 0 spiro atoms. The number of amides is 1. The predicted octanol–water partition coefficient (Wildman–Crippen LogP) is 1.64. The van der Waals surface area contributed by atoms with Gasteiger partial charge in [0.15, 0.2) is 0 Å². The van der Waals surface area contributed by atoms with Crippen LogP contribution in [0.25, 0.3) is 0 Å². The second-order valence-corrected chi connectivity index (χ2v) is 3.86. The molecule has 1 aromatic rings. The van der Waals surface area contributed by atoms with Crippen molar-refractivity contribution in [3.8, 4) is 11.5 Å². The van der Waals surface area contributed by atoms with E-state index in [1.165, 1.54) is 14.2 Å². The second kappa shape index (κ2) is 5.63. The van der Waals surface area contributed by atoms with Crippen molar-refractivity contribution in [2.45, 2.75) is 13.0 Å². The number of benzene rings is 1. The molecular weight excluding hydrogens is 244 g/mol. The summed E-state index contributed by atoms with van der Waals surface area (Å²) in [4.78, 5) is 11.0. The number of carbonyl (C=O) groups excluding carboxylic acids is 1. The number of carbonyl (C=O) groups is 1. The van der Waals surface area contributed by atoms with Gasteiger partial charge in [-0.2, -0.15) is 0 Å². The van der Waals surface area contributed by atoms with Crippen LogP contribution in [0.1, 0.15) is 6.92 Å². The molecule has 0 aliphatic carbocycles. The fourth-order valence-corrected chi connectivity index (χ4v) is 1.52. The van der Waals surface area contributed by atoms with Crippen LogP contribution in [0.4, 0.5) is 5.69 Å². The first-order valence-electron chi connectivity index (χ1n) is 4.97. The molecule has 1 rings (SSSR count). The zero-order valence-electron chi connectivity index (χ0n) is 9.91. The van der Waals surface area contributed by atoms with E-state index in [9.17, 15) is 4.79 Å². The van der Waals surface area contributed by atoms with Gasteiger partial charge in [0.2, 0.25) is 5.91 Å². The number of halogens is 1. The van der Waals surface area contributed by atoms with E-state index in [0.717, 1.165) is 0 Å². The number of rotatable bonds is 5. The van der Waals surface area contributed by atoms with Crippen molar-refractivity contribution in [2.75, 3.05) is 19.5 Å². The molecule has 6 heteroatoms. The van der Waals surface area contributed by atoms with E-state index >= 15 is 0 Å². The van der Waals surface area contributed by atoms with Crippen molar-refractivity contribution < 1.29 is 14.3 Å². The van der Waals surface area contributed by atoms with Crippen LogP contribution in [-0.2, 0) is 4.79 Å². The lowest BCUT2D eigenvalue weighted by atomic mass is 10.2. The minimum Gasteiger partial charge on any atom is -0.495 e. The van der Waals surface area contributed by atoms with E-state index in [-0.39, 0.29) is 0 Å². The van der Waals surface area contributed by atoms with Crippen LogP contribution in [0.3, 0.4) is 0 Å². The lowest BCUT2D eigenvalue weighted by Crippen LogP contribution is -2.32. The van der Waals surface area contributed by atoms with Crippen LogP contribution < -0.4 is 20.5 Å². The number of anilines is 1. The van der Waals surface area contributed by atoms with Crippen molar-refractivity contribution >= 4 is 23.2 Å². The SMILES string of the molecule is COc1cc(OC)c(N[C@@H](C)C(N)=O)cc1Cl. The minimum atomic E-state index is -0.520. The Morgan fingerprint density at radius 3 is 2.41 bits per heavy atom. The van der Waals surface area contributed by atoms with Crippen LogP contribution >= 0.6 is 11.6 Å².